The van der Waals surface area contributed by atoms with Gasteiger partial charge < -0.3 is 5.11 Å². The number of nitrogens with zero attached hydrogens (tertiary/aromatic N) is 5. The number of thiazole rings is 1. The first-order valence-corrected chi connectivity index (χ1v) is 8.09. The Balaban J connectivity index is 1.90. The van der Waals surface area contributed by atoms with Gasteiger partial charge in [-0.05, 0) is 16.8 Å². The van der Waals surface area contributed by atoms with Gasteiger partial charge in [0.1, 0.15) is 0 Å². The Morgan fingerprint density at radius 3 is 3.15 bits per heavy atom. The molecule has 0 aliphatic rings. The Bertz CT molecular complexity index is 569. The minimum Gasteiger partial charge on any atom is -0.481 e. The van der Waals surface area contributed by atoms with E-state index >= 15 is 0 Å². The molecule has 1 N–H and O–H groups in total. The smallest absolute Gasteiger partial charge is 0.309 e. The Morgan fingerprint density at radius 2 is 2.40 bits per heavy atom. The second-order valence-electron chi connectivity index (χ2n) is 4.14. The zero-order chi connectivity index (χ0) is 14.4. The van der Waals surface area contributed by atoms with Gasteiger partial charge in [0.15, 0.2) is 10.2 Å². The van der Waals surface area contributed by atoms with Crippen LogP contribution in [0.5, 0.6) is 0 Å². The van der Waals surface area contributed by atoms with Gasteiger partial charge in [-0.2, -0.15) is 0 Å². The molecule has 2 aromatic rings. The third kappa shape index (κ3) is 4.27. The highest BCUT2D eigenvalue weighted by atomic mass is 32.2. The number of carboxylic acid groups (broad SMARTS) is 1. The average Bonchev–Trinajstić information content (AvgIpc) is 3.02. The molecular formula is C11H15N5O2S2. The molecule has 108 valence electrons. The molecule has 0 bridgehead atoms. The number of tetrazole rings is 1. The number of hydrogen-bond acceptors (Lipinski definition) is 7. The largest absolute Gasteiger partial charge is 0.481 e. The van der Waals surface area contributed by atoms with Gasteiger partial charge in [0, 0.05) is 11.9 Å². The number of aromatic nitrogens is 5. The van der Waals surface area contributed by atoms with E-state index in [2.05, 4.69) is 27.4 Å². The maximum Gasteiger partial charge on any atom is 0.309 e. The van der Waals surface area contributed by atoms with Gasteiger partial charge in [-0.25, -0.2) is 9.67 Å². The topological polar surface area (TPSA) is 93.8 Å². The van der Waals surface area contributed by atoms with E-state index in [9.17, 15) is 4.79 Å². The van der Waals surface area contributed by atoms with Crippen LogP contribution in [-0.2, 0) is 23.5 Å². The Morgan fingerprint density at radius 1 is 1.55 bits per heavy atom. The van der Waals surface area contributed by atoms with Crippen LogP contribution in [0.4, 0.5) is 0 Å². The molecular weight excluding hydrogens is 298 g/mol. The van der Waals surface area contributed by atoms with Crippen LogP contribution in [0, 0.1) is 0 Å². The van der Waals surface area contributed by atoms with Crippen molar-refractivity contribution in [3.8, 4) is 0 Å². The minimum atomic E-state index is -0.865. The molecule has 0 atom stereocenters. The van der Waals surface area contributed by atoms with Crippen molar-refractivity contribution >= 4 is 29.1 Å². The molecule has 0 saturated carbocycles. The van der Waals surface area contributed by atoms with E-state index in [1.807, 2.05) is 4.68 Å². The third-order valence-electron chi connectivity index (χ3n) is 2.52. The van der Waals surface area contributed by atoms with E-state index in [0.717, 1.165) is 29.6 Å². The number of aryl methyl sites for hydroxylation is 1. The molecule has 9 heteroatoms. The van der Waals surface area contributed by atoms with Crippen LogP contribution >= 0.6 is 23.1 Å². The van der Waals surface area contributed by atoms with Crippen molar-refractivity contribution in [1.82, 2.24) is 25.2 Å². The second-order valence-corrected chi connectivity index (χ2v) is 6.22. The summed E-state index contributed by atoms with van der Waals surface area (Å²) in [4.78, 5) is 14.9. The summed E-state index contributed by atoms with van der Waals surface area (Å²) >= 11 is 2.97. The Hall–Kier alpha value is -1.48. The lowest BCUT2D eigenvalue weighted by Gasteiger charge is -2.01. The summed E-state index contributed by atoms with van der Waals surface area (Å²) in [5, 5.41) is 22.1. The zero-order valence-corrected chi connectivity index (χ0v) is 12.7. The van der Waals surface area contributed by atoms with Crippen molar-refractivity contribution in [3.63, 3.8) is 0 Å². The van der Waals surface area contributed by atoms with E-state index in [1.54, 1.807) is 5.38 Å². The first-order valence-electron chi connectivity index (χ1n) is 6.23. The fraction of sp³-hybridized carbons (Fsp3) is 0.545. The maximum absolute atomic E-state index is 10.6. The number of thioether (sulfide) groups is 1. The molecule has 0 aliphatic carbocycles. The minimum absolute atomic E-state index is 0.0364. The molecule has 0 amide bonds. The number of aliphatic carboxylic acids is 1. The number of hydrogen-bond donors (Lipinski definition) is 1. The molecule has 7 nitrogen and oxygen atoms in total. The molecule has 20 heavy (non-hydrogen) atoms. The van der Waals surface area contributed by atoms with Crippen molar-refractivity contribution in [3.05, 3.63) is 16.9 Å². The van der Waals surface area contributed by atoms with Gasteiger partial charge in [0.05, 0.1) is 17.9 Å². The lowest BCUT2D eigenvalue weighted by molar-refractivity contribution is -0.136. The lowest BCUT2D eigenvalue weighted by Crippen LogP contribution is -2.05. The third-order valence-corrected chi connectivity index (χ3v) is 4.58. The summed E-state index contributed by atoms with van der Waals surface area (Å²) in [6.07, 6.45) is 2.10. The summed E-state index contributed by atoms with van der Waals surface area (Å²) in [5.41, 5.74) is 0.593. The predicted octanol–water partition coefficient (Wildman–Crippen LogP) is 1.85. The van der Waals surface area contributed by atoms with Gasteiger partial charge in [0.25, 0.3) is 0 Å². The van der Waals surface area contributed by atoms with Crippen LogP contribution < -0.4 is 0 Å². The van der Waals surface area contributed by atoms with Crippen molar-refractivity contribution in [2.24, 2.45) is 0 Å². The summed E-state index contributed by atoms with van der Waals surface area (Å²) < 4.78 is 2.65. The molecule has 2 rings (SSSR count). The molecule has 0 aromatic carbocycles. The number of unbranched alkanes of at least 4 members (excludes halogenated alkanes) is 1. The zero-order valence-electron chi connectivity index (χ0n) is 11.0. The fourth-order valence-corrected chi connectivity index (χ4v) is 3.30. The fourth-order valence-electron chi connectivity index (χ4n) is 1.53. The summed E-state index contributed by atoms with van der Waals surface area (Å²) in [6, 6.07) is 0. The predicted molar refractivity (Wildman–Crippen MR) is 75.7 cm³/mol. The van der Waals surface area contributed by atoms with Crippen molar-refractivity contribution < 1.29 is 9.90 Å². The highest BCUT2D eigenvalue weighted by molar-refractivity contribution is 8.00. The van der Waals surface area contributed by atoms with Gasteiger partial charge in [-0.3, -0.25) is 4.79 Å². The molecule has 0 saturated heterocycles. The molecule has 2 aromatic heterocycles. The first kappa shape index (κ1) is 14.9. The van der Waals surface area contributed by atoms with Crippen molar-refractivity contribution in [1.29, 1.82) is 0 Å². The van der Waals surface area contributed by atoms with Crippen LogP contribution in [0.15, 0.2) is 9.72 Å². The van der Waals surface area contributed by atoms with Crippen LogP contribution in [-0.4, -0.2) is 36.3 Å². The molecule has 0 spiro atoms. The average molecular weight is 313 g/mol. The second kappa shape index (κ2) is 7.34. The van der Waals surface area contributed by atoms with E-state index in [0.29, 0.717) is 11.4 Å². The Labute approximate surface area is 124 Å². The van der Waals surface area contributed by atoms with Crippen LogP contribution in [0.25, 0.3) is 0 Å². The standard InChI is InChI=1S/C11H15N5O2S2/c1-2-3-4-16-9(13-14-15-16)7-20-11-12-8(6-19-11)5-10(17)18/h6H,2-5,7H2,1H3,(H,17,18). The van der Waals surface area contributed by atoms with Gasteiger partial charge in [-0.15, -0.1) is 16.4 Å². The van der Waals surface area contributed by atoms with E-state index in [-0.39, 0.29) is 6.42 Å². The van der Waals surface area contributed by atoms with Crippen LogP contribution in [0.3, 0.4) is 0 Å². The molecule has 0 fully saturated rings. The van der Waals surface area contributed by atoms with Gasteiger partial charge in [-0.1, -0.05) is 25.1 Å². The quantitative estimate of drug-likeness (QED) is 0.743. The van der Waals surface area contributed by atoms with Crippen molar-refractivity contribution in [2.45, 2.75) is 42.8 Å². The van der Waals surface area contributed by atoms with Crippen LogP contribution in [0.2, 0.25) is 0 Å². The van der Waals surface area contributed by atoms with E-state index in [4.69, 9.17) is 5.11 Å². The number of carbonyl (C=O) groups is 1. The molecule has 0 radical (unpaired) electrons. The normalized spacial score (nSPS) is 10.8. The number of carboxylic acids is 1. The Kier molecular flexibility index (Phi) is 5.48. The van der Waals surface area contributed by atoms with Crippen molar-refractivity contribution in [2.75, 3.05) is 0 Å². The number of rotatable bonds is 8. The SMILES string of the molecule is CCCCn1nnnc1CSc1nc(CC(=O)O)cs1. The van der Waals surface area contributed by atoms with Crippen LogP contribution in [0.1, 0.15) is 31.3 Å². The highest BCUT2D eigenvalue weighted by Gasteiger charge is 2.10. The summed E-state index contributed by atoms with van der Waals surface area (Å²) in [7, 11) is 0. The van der Waals surface area contributed by atoms with E-state index in [1.165, 1.54) is 23.1 Å². The monoisotopic (exact) mass is 313 g/mol. The van der Waals surface area contributed by atoms with Gasteiger partial charge in [0.2, 0.25) is 0 Å². The molecule has 2 heterocycles. The highest BCUT2D eigenvalue weighted by Crippen LogP contribution is 2.25. The molecule has 0 unspecified atom stereocenters. The first-order chi connectivity index (χ1) is 9.69. The maximum atomic E-state index is 10.6. The molecule has 0 aliphatic heterocycles. The van der Waals surface area contributed by atoms with E-state index < -0.39 is 5.97 Å². The summed E-state index contributed by atoms with van der Waals surface area (Å²) in [6.45, 7) is 2.94. The van der Waals surface area contributed by atoms with Gasteiger partial charge >= 0.3 is 5.97 Å². The lowest BCUT2D eigenvalue weighted by atomic mass is 10.3. The summed E-state index contributed by atoms with van der Waals surface area (Å²) in [5.74, 6) is 0.588.